The van der Waals surface area contributed by atoms with Gasteiger partial charge >= 0.3 is 0 Å². The highest BCUT2D eigenvalue weighted by Gasteiger charge is 2.00. The second-order valence-corrected chi connectivity index (χ2v) is 4.79. The predicted molar refractivity (Wildman–Crippen MR) is 79.4 cm³/mol. The Kier molecular flexibility index (Phi) is 5.07. The van der Waals surface area contributed by atoms with E-state index in [-0.39, 0.29) is 0 Å². The second kappa shape index (κ2) is 7.05. The Morgan fingerprint density at radius 2 is 1.61 bits per heavy atom. The van der Waals surface area contributed by atoms with Crippen LogP contribution in [0, 0.1) is 0 Å². The van der Waals surface area contributed by atoms with Crippen LogP contribution in [-0.4, -0.2) is 6.54 Å². The van der Waals surface area contributed by atoms with Crippen LogP contribution in [0.4, 0.5) is 5.69 Å². The fourth-order valence-electron chi connectivity index (χ4n) is 2.26. The fourth-order valence-corrected chi connectivity index (χ4v) is 2.26. The SMILES string of the molecule is CCCCCCC[N]c1cccc2ccccc12. The Bertz CT molecular complexity index is 470. The highest BCUT2D eigenvalue weighted by atomic mass is 14.9. The minimum Gasteiger partial charge on any atom is -0.285 e. The standard InChI is InChI=1S/C17H22N/c1-2-3-4-5-8-14-18-17-13-9-11-15-10-6-7-12-16(15)17/h6-7,9-13H,2-5,8,14H2,1H3. The molecule has 1 radical (unpaired) electrons. The lowest BCUT2D eigenvalue weighted by molar-refractivity contribution is 0.618. The molecule has 0 bridgehead atoms. The van der Waals surface area contributed by atoms with Gasteiger partial charge in [0.1, 0.15) is 0 Å². The molecule has 0 fully saturated rings. The highest BCUT2D eigenvalue weighted by Crippen LogP contribution is 2.23. The van der Waals surface area contributed by atoms with Crippen molar-refractivity contribution in [3.63, 3.8) is 0 Å². The van der Waals surface area contributed by atoms with Gasteiger partial charge in [0.05, 0.1) is 5.69 Å². The van der Waals surface area contributed by atoms with E-state index in [0.29, 0.717) is 0 Å². The smallest absolute Gasteiger partial charge is 0.0652 e. The number of rotatable bonds is 7. The van der Waals surface area contributed by atoms with E-state index in [4.69, 9.17) is 5.32 Å². The van der Waals surface area contributed by atoms with Crippen LogP contribution >= 0.6 is 0 Å². The van der Waals surface area contributed by atoms with Crippen LogP contribution in [0.5, 0.6) is 0 Å². The van der Waals surface area contributed by atoms with Crippen LogP contribution in [0.2, 0.25) is 0 Å². The summed E-state index contributed by atoms with van der Waals surface area (Å²) in [5.74, 6) is 0. The molecule has 0 unspecified atom stereocenters. The van der Waals surface area contributed by atoms with Gasteiger partial charge in [0, 0.05) is 11.9 Å². The average Bonchev–Trinajstić information content (AvgIpc) is 2.43. The molecule has 1 nitrogen and oxygen atoms in total. The summed E-state index contributed by atoms with van der Waals surface area (Å²) >= 11 is 0. The molecule has 0 aliphatic rings. The first kappa shape index (κ1) is 12.9. The van der Waals surface area contributed by atoms with Crippen molar-refractivity contribution in [1.29, 1.82) is 0 Å². The van der Waals surface area contributed by atoms with Crippen molar-refractivity contribution < 1.29 is 0 Å². The maximum atomic E-state index is 4.73. The van der Waals surface area contributed by atoms with E-state index in [1.165, 1.54) is 42.9 Å². The molecular weight excluding hydrogens is 218 g/mol. The summed E-state index contributed by atoms with van der Waals surface area (Å²) in [5, 5.41) is 7.29. The van der Waals surface area contributed by atoms with Crippen LogP contribution in [0.25, 0.3) is 10.8 Å². The molecule has 2 aromatic carbocycles. The van der Waals surface area contributed by atoms with Crippen molar-refractivity contribution in [1.82, 2.24) is 5.32 Å². The Balaban J connectivity index is 1.88. The lowest BCUT2D eigenvalue weighted by atomic mass is 10.1. The minimum atomic E-state index is 0.956. The summed E-state index contributed by atoms with van der Waals surface area (Å²) < 4.78 is 0. The third-order valence-electron chi connectivity index (χ3n) is 3.31. The van der Waals surface area contributed by atoms with Crippen LogP contribution in [0.3, 0.4) is 0 Å². The lowest BCUT2D eigenvalue weighted by Crippen LogP contribution is -2.00. The third kappa shape index (κ3) is 3.49. The molecule has 2 rings (SSSR count). The second-order valence-electron chi connectivity index (χ2n) is 4.79. The van der Waals surface area contributed by atoms with Crippen molar-refractivity contribution in [2.45, 2.75) is 39.0 Å². The van der Waals surface area contributed by atoms with E-state index in [1.807, 2.05) is 0 Å². The molecule has 0 atom stereocenters. The largest absolute Gasteiger partial charge is 0.285 e. The van der Waals surface area contributed by atoms with Gasteiger partial charge in [-0.05, 0) is 17.9 Å². The summed E-state index contributed by atoms with van der Waals surface area (Å²) in [6.45, 7) is 3.21. The van der Waals surface area contributed by atoms with Crippen molar-refractivity contribution in [3.05, 3.63) is 42.5 Å². The zero-order chi connectivity index (χ0) is 12.6. The highest BCUT2D eigenvalue weighted by molar-refractivity contribution is 5.92. The van der Waals surface area contributed by atoms with Crippen LogP contribution in [-0.2, 0) is 0 Å². The van der Waals surface area contributed by atoms with Gasteiger partial charge in [0.2, 0.25) is 0 Å². The molecule has 18 heavy (non-hydrogen) atoms. The van der Waals surface area contributed by atoms with E-state index in [1.54, 1.807) is 0 Å². The topological polar surface area (TPSA) is 14.1 Å². The molecule has 0 heterocycles. The fraction of sp³-hybridized carbons (Fsp3) is 0.412. The quantitative estimate of drug-likeness (QED) is 0.601. The van der Waals surface area contributed by atoms with E-state index < -0.39 is 0 Å². The number of hydrogen-bond acceptors (Lipinski definition) is 0. The van der Waals surface area contributed by atoms with Gasteiger partial charge < -0.3 is 0 Å². The average molecular weight is 240 g/mol. The zero-order valence-electron chi connectivity index (χ0n) is 11.2. The molecule has 2 aromatic rings. The number of fused-ring (bicyclic) bond motifs is 1. The molecule has 0 aliphatic heterocycles. The molecule has 0 aromatic heterocycles. The van der Waals surface area contributed by atoms with E-state index >= 15 is 0 Å². The zero-order valence-corrected chi connectivity index (χ0v) is 11.2. The van der Waals surface area contributed by atoms with Gasteiger partial charge in [-0.3, -0.25) is 5.32 Å². The van der Waals surface area contributed by atoms with E-state index in [2.05, 4.69) is 49.4 Å². The van der Waals surface area contributed by atoms with E-state index in [0.717, 1.165) is 12.2 Å². The number of unbranched alkanes of at least 4 members (excludes halogenated alkanes) is 4. The summed E-state index contributed by atoms with van der Waals surface area (Å²) in [5.41, 5.74) is 1.14. The summed E-state index contributed by atoms with van der Waals surface area (Å²) in [6.07, 6.45) is 6.53. The lowest BCUT2D eigenvalue weighted by Gasteiger charge is -2.07. The number of hydrogen-bond donors (Lipinski definition) is 0. The summed E-state index contributed by atoms with van der Waals surface area (Å²) in [4.78, 5) is 0. The molecule has 0 spiro atoms. The maximum absolute atomic E-state index is 4.73. The Hall–Kier alpha value is -1.50. The van der Waals surface area contributed by atoms with Gasteiger partial charge in [-0.1, -0.05) is 69.0 Å². The van der Waals surface area contributed by atoms with Crippen LogP contribution in [0.1, 0.15) is 39.0 Å². The van der Waals surface area contributed by atoms with Gasteiger partial charge in [0.25, 0.3) is 0 Å². The van der Waals surface area contributed by atoms with Gasteiger partial charge in [-0.2, -0.15) is 0 Å². The van der Waals surface area contributed by atoms with Crippen molar-refractivity contribution >= 4 is 16.5 Å². The molecule has 95 valence electrons. The monoisotopic (exact) mass is 240 g/mol. The molecule has 0 N–H and O–H groups in total. The Morgan fingerprint density at radius 1 is 0.833 bits per heavy atom. The van der Waals surface area contributed by atoms with Crippen molar-refractivity contribution in [3.8, 4) is 0 Å². The van der Waals surface area contributed by atoms with Gasteiger partial charge in [0.15, 0.2) is 0 Å². The molecule has 0 saturated carbocycles. The van der Waals surface area contributed by atoms with Crippen LogP contribution in [0.15, 0.2) is 42.5 Å². The van der Waals surface area contributed by atoms with E-state index in [9.17, 15) is 0 Å². The first-order valence-corrected chi connectivity index (χ1v) is 7.07. The first-order valence-electron chi connectivity index (χ1n) is 7.07. The normalized spacial score (nSPS) is 10.7. The Labute approximate surface area is 110 Å². The summed E-state index contributed by atoms with van der Waals surface area (Å²) in [7, 11) is 0. The molecule has 0 amide bonds. The van der Waals surface area contributed by atoms with Crippen molar-refractivity contribution in [2.75, 3.05) is 6.54 Å². The predicted octanol–water partition coefficient (Wildman–Crippen LogP) is 5.05. The Morgan fingerprint density at radius 3 is 2.50 bits per heavy atom. The van der Waals surface area contributed by atoms with Gasteiger partial charge in [-0.15, -0.1) is 0 Å². The molecule has 0 aliphatic carbocycles. The molecule has 0 saturated heterocycles. The maximum Gasteiger partial charge on any atom is 0.0652 e. The van der Waals surface area contributed by atoms with Gasteiger partial charge in [-0.25, -0.2) is 0 Å². The molecular formula is C17H22N. The first-order chi connectivity index (χ1) is 8.92. The molecule has 1 heteroatoms. The third-order valence-corrected chi connectivity index (χ3v) is 3.31. The summed E-state index contributed by atoms with van der Waals surface area (Å²) in [6, 6.07) is 14.8. The number of benzene rings is 2. The minimum absolute atomic E-state index is 0.956. The number of nitrogens with zero attached hydrogens (tertiary/aromatic N) is 1. The van der Waals surface area contributed by atoms with Crippen molar-refractivity contribution in [2.24, 2.45) is 0 Å². The van der Waals surface area contributed by atoms with Crippen LogP contribution < -0.4 is 5.32 Å².